The van der Waals surface area contributed by atoms with Gasteiger partial charge in [-0.1, -0.05) is 15.9 Å². The number of hydrogen-bond acceptors (Lipinski definition) is 3. The second-order valence-electron chi connectivity index (χ2n) is 4.13. The van der Waals surface area contributed by atoms with Crippen molar-refractivity contribution in [2.75, 3.05) is 0 Å². The van der Waals surface area contributed by atoms with Crippen LogP contribution >= 0.6 is 15.9 Å². The van der Waals surface area contributed by atoms with E-state index >= 15 is 0 Å². The second-order valence-corrected chi connectivity index (χ2v) is 5.05. The van der Waals surface area contributed by atoms with Crippen LogP contribution in [0.4, 0.5) is 0 Å². The molecule has 1 heterocycles. The second kappa shape index (κ2) is 4.14. The maximum Gasteiger partial charge on any atom is 0.171 e. The Morgan fingerprint density at radius 2 is 1.89 bits per heavy atom. The Morgan fingerprint density at radius 3 is 2.72 bits per heavy atom. The van der Waals surface area contributed by atoms with Crippen molar-refractivity contribution in [1.29, 1.82) is 0 Å². The fourth-order valence-electron chi connectivity index (χ4n) is 2.00. The van der Waals surface area contributed by atoms with E-state index in [1.54, 1.807) is 6.07 Å². The van der Waals surface area contributed by atoms with Crippen molar-refractivity contribution in [3.05, 3.63) is 52.0 Å². The summed E-state index contributed by atoms with van der Waals surface area (Å²) in [6.07, 6.45) is 0.269. The van der Waals surface area contributed by atoms with E-state index in [0.717, 1.165) is 10.0 Å². The van der Waals surface area contributed by atoms with Gasteiger partial charge in [-0.2, -0.15) is 0 Å². The molecule has 1 N–H and O–H groups in total. The van der Waals surface area contributed by atoms with Gasteiger partial charge in [0.05, 0.1) is 5.56 Å². The van der Waals surface area contributed by atoms with Gasteiger partial charge in [0.25, 0.3) is 0 Å². The van der Waals surface area contributed by atoms with Gasteiger partial charge < -0.3 is 9.84 Å². The molecule has 0 saturated heterocycles. The van der Waals surface area contributed by atoms with Crippen LogP contribution in [0.5, 0.6) is 17.2 Å². The van der Waals surface area contributed by atoms with Crippen LogP contribution in [-0.4, -0.2) is 10.9 Å². The number of rotatable bonds is 0. The zero-order valence-corrected chi connectivity index (χ0v) is 10.9. The highest BCUT2D eigenvalue weighted by Crippen LogP contribution is 2.36. The molecule has 0 aliphatic carbocycles. The van der Waals surface area contributed by atoms with E-state index in [2.05, 4.69) is 15.9 Å². The monoisotopic (exact) mass is 304 g/mol. The lowest BCUT2D eigenvalue weighted by Crippen LogP contribution is -2.01. The van der Waals surface area contributed by atoms with E-state index in [9.17, 15) is 9.90 Å². The van der Waals surface area contributed by atoms with Gasteiger partial charge >= 0.3 is 0 Å². The minimum Gasteiger partial charge on any atom is -0.508 e. The lowest BCUT2D eigenvalue weighted by molar-refractivity contribution is 0.0993. The Bertz CT molecular complexity index is 649. The molecule has 90 valence electrons. The Hall–Kier alpha value is -1.81. The van der Waals surface area contributed by atoms with Crippen LogP contribution < -0.4 is 4.74 Å². The number of benzene rings is 2. The summed E-state index contributed by atoms with van der Waals surface area (Å²) in [5, 5.41) is 9.44. The first kappa shape index (κ1) is 11.3. The maximum absolute atomic E-state index is 12.1. The van der Waals surface area contributed by atoms with Gasteiger partial charge in [0, 0.05) is 16.5 Å². The third kappa shape index (κ3) is 1.88. The summed E-state index contributed by atoms with van der Waals surface area (Å²) in [6.45, 7) is 0. The number of ether oxygens (including phenoxy) is 1. The van der Waals surface area contributed by atoms with Crippen LogP contribution in [0.15, 0.2) is 40.9 Å². The summed E-state index contributed by atoms with van der Waals surface area (Å²) in [4.78, 5) is 12.1. The normalized spacial score (nSPS) is 13.3. The SMILES string of the molecule is O=C1Cc2cc(Br)ccc2Oc2ccc(O)cc21. The predicted molar refractivity (Wildman–Crippen MR) is 70.4 cm³/mol. The zero-order valence-electron chi connectivity index (χ0n) is 9.31. The van der Waals surface area contributed by atoms with Crippen LogP contribution in [0, 0.1) is 0 Å². The van der Waals surface area contributed by atoms with Crippen molar-refractivity contribution in [3.63, 3.8) is 0 Å². The topological polar surface area (TPSA) is 46.5 Å². The van der Waals surface area contributed by atoms with Crippen molar-refractivity contribution in [3.8, 4) is 17.2 Å². The number of aromatic hydroxyl groups is 1. The van der Waals surface area contributed by atoms with Crippen molar-refractivity contribution in [2.24, 2.45) is 0 Å². The molecular formula is C14H9BrO3. The molecule has 1 aliphatic rings. The van der Waals surface area contributed by atoms with Crippen molar-refractivity contribution < 1.29 is 14.6 Å². The Kier molecular flexibility index (Phi) is 2.59. The molecule has 3 nitrogen and oxygen atoms in total. The lowest BCUT2D eigenvalue weighted by atomic mass is 10.0. The Labute approximate surface area is 112 Å². The highest BCUT2D eigenvalue weighted by molar-refractivity contribution is 9.10. The quantitative estimate of drug-likeness (QED) is 0.807. The molecule has 0 amide bonds. The number of hydrogen-bond donors (Lipinski definition) is 1. The minimum atomic E-state index is -0.0576. The standard InChI is InChI=1S/C14H9BrO3/c15-9-1-3-13-8(5-9)6-12(17)11-7-10(16)2-4-14(11)18-13/h1-5,7,16H,6H2. The average Bonchev–Trinajstić information content (AvgIpc) is 2.46. The first-order chi connectivity index (χ1) is 8.63. The lowest BCUT2D eigenvalue weighted by Gasteiger charge is -2.08. The smallest absolute Gasteiger partial charge is 0.171 e. The van der Waals surface area contributed by atoms with Crippen LogP contribution in [0.25, 0.3) is 0 Å². The van der Waals surface area contributed by atoms with Gasteiger partial charge in [0.1, 0.15) is 17.2 Å². The highest BCUT2D eigenvalue weighted by Gasteiger charge is 2.21. The summed E-state index contributed by atoms with van der Waals surface area (Å²) < 4.78 is 6.64. The third-order valence-corrected chi connectivity index (χ3v) is 3.35. The number of halogens is 1. The Balaban J connectivity index is 2.16. The van der Waals surface area contributed by atoms with Gasteiger partial charge in [-0.05, 0) is 36.4 Å². The molecule has 2 aromatic rings. The van der Waals surface area contributed by atoms with E-state index in [-0.39, 0.29) is 18.0 Å². The summed E-state index contributed by atoms with van der Waals surface area (Å²) >= 11 is 3.38. The van der Waals surface area contributed by atoms with E-state index < -0.39 is 0 Å². The first-order valence-electron chi connectivity index (χ1n) is 5.46. The molecule has 18 heavy (non-hydrogen) atoms. The molecule has 1 aliphatic heterocycles. The summed E-state index contributed by atoms with van der Waals surface area (Å²) in [5.41, 5.74) is 1.26. The molecule has 0 unspecified atom stereocenters. The zero-order chi connectivity index (χ0) is 12.7. The number of carbonyl (C=O) groups is 1. The number of phenolic OH excluding ortho intramolecular Hbond substituents is 1. The van der Waals surface area contributed by atoms with E-state index in [0.29, 0.717) is 17.1 Å². The van der Waals surface area contributed by atoms with Gasteiger partial charge in [0.15, 0.2) is 5.78 Å². The highest BCUT2D eigenvalue weighted by atomic mass is 79.9. The number of phenols is 1. The first-order valence-corrected chi connectivity index (χ1v) is 6.25. The number of carbonyl (C=O) groups excluding carboxylic acids is 1. The molecule has 2 aromatic carbocycles. The molecule has 3 rings (SSSR count). The van der Waals surface area contributed by atoms with Crippen molar-refractivity contribution in [2.45, 2.75) is 6.42 Å². The number of Topliss-reactive ketones (excluding diaryl/α,β-unsaturated/α-hetero) is 1. The third-order valence-electron chi connectivity index (χ3n) is 2.86. The largest absolute Gasteiger partial charge is 0.508 e. The molecule has 0 atom stereocenters. The predicted octanol–water partition coefficient (Wildman–Crippen LogP) is 3.69. The molecule has 0 bridgehead atoms. The fraction of sp³-hybridized carbons (Fsp3) is 0.0714. The van der Waals surface area contributed by atoms with E-state index in [4.69, 9.17) is 4.74 Å². The maximum atomic E-state index is 12.1. The van der Waals surface area contributed by atoms with Crippen LogP contribution in [-0.2, 0) is 6.42 Å². The number of ketones is 1. The van der Waals surface area contributed by atoms with E-state index in [1.807, 2.05) is 18.2 Å². The molecule has 0 saturated carbocycles. The summed E-state index contributed by atoms with van der Waals surface area (Å²) in [6, 6.07) is 10.1. The van der Waals surface area contributed by atoms with Crippen LogP contribution in [0.3, 0.4) is 0 Å². The van der Waals surface area contributed by atoms with Gasteiger partial charge in [0.2, 0.25) is 0 Å². The average molecular weight is 305 g/mol. The van der Waals surface area contributed by atoms with Gasteiger partial charge in [-0.15, -0.1) is 0 Å². The van der Waals surface area contributed by atoms with E-state index in [1.165, 1.54) is 12.1 Å². The summed E-state index contributed by atoms with van der Waals surface area (Å²) in [5.74, 6) is 1.17. The van der Waals surface area contributed by atoms with Gasteiger partial charge in [-0.3, -0.25) is 4.79 Å². The molecule has 0 fully saturated rings. The minimum absolute atomic E-state index is 0.0576. The molecule has 0 spiro atoms. The summed E-state index contributed by atoms with van der Waals surface area (Å²) in [7, 11) is 0. The molecule has 0 radical (unpaired) electrons. The number of fused-ring (bicyclic) bond motifs is 2. The molecule has 4 heteroatoms. The fourth-order valence-corrected chi connectivity index (χ4v) is 2.41. The van der Waals surface area contributed by atoms with Crippen molar-refractivity contribution >= 4 is 21.7 Å². The van der Waals surface area contributed by atoms with Crippen LogP contribution in [0.1, 0.15) is 15.9 Å². The molecular weight excluding hydrogens is 296 g/mol. The van der Waals surface area contributed by atoms with Crippen molar-refractivity contribution in [1.82, 2.24) is 0 Å². The van der Waals surface area contributed by atoms with Crippen LogP contribution in [0.2, 0.25) is 0 Å². The van der Waals surface area contributed by atoms with Gasteiger partial charge in [-0.25, -0.2) is 0 Å². The Morgan fingerprint density at radius 1 is 1.11 bits per heavy atom. The molecule has 0 aromatic heterocycles.